The Morgan fingerprint density at radius 2 is 2.00 bits per heavy atom. The fourth-order valence-electron chi connectivity index (χ4n) is 1.74. The van der Waals surface area contributed by atoms with Crippen molar-refractivity contribution in [2.45, 2.75) is 18.9 Å². The Kier molecular flexibility index (Phi) is 4.04. The largest absolute Gasteiger partial charge is 0.459 e. The lowest BCUT2D eigenvalue weighted by Gasteiger charge is -2.11. The van der Waals surface area contributed by atoms with Crippen LogP contribution in [0.25, 0.3) is 0 Å². The van der Waals surface area contributed by atoms with Crippen LogP contribution < -0.4 is 0 Å². The van der Waals surface area contributed by atoms with Crippen molar-refractivity contribution in [3.05, 3.63) is 34.9 Å². The number of esters is 1. The van der Waals surface area contributed by atoms with E-state index in [4.69, 9.17) is 4.74 Å². The van der Waals surface area contributed by atoms with Crippen molar-refractivity contribution in [3.63, 3.8) is 0 Å². The third-order valence-corrected chi connectivity index (χ3v) is 2.75. The minimum atomic E-state index is -2.04. The predicted octanol–water partition coefficient (Wildman–Crippen LogP) is 2.58. The highest BCUT2D eigenvalue weighted by Crippen LogP contribution is 2.20. The normalized spacial score (nSPS) is 18.6. The van der Waals surface area contributed by atoms with Crippen molar-refractivity contribution in [1.82, 2.24) is 0 Å². The maximum absolute atomic E-state index is 13.3. The number of hydrogen-bond donors (Lipinski definition) is 0. The Labute approximate surface area is 106 Å². The highest BCUT2D eigenvalue weighted by atomic mass is 19.2. The third-order valence-electron chi connectivity index (χ3n) is 2.75. The van der Waals surface area contributed by atoms with E-state index in [-0.39, 0.29) is 18.8 Å². The van der Waals surface area contributed by atoms with Gasteiger partial charge in [0, 0.05) is 6.61 Å². The monoisotopic (exact) mass is 278 g/mol. The highest BCUT2D eigenvalue weighted by molar-refractivity contribution is 5.89. The van der Waals surface area contributed by atoms with Gasteiger partial charge in [0.2, 0.25) is 0 Å². The molecule has 0 unspecified atom stereocenters. The van der Waals surface area contributed by atoms with Gasteiger partial charge in [0.05, 0.1) is 6.10 Å². The lowest BCUT2D eigenvalue weighted by molar-refractivity contribution is 0.0156. The van der Waals surface area contributed by atoms with Gasteiger partial charge in [-0.25, -0.2) is 22.4 Å². The summed E-state index contributed by atoms with van der Waals surface area (Å²) < 4.78 is 61.7. The highest BCUT2D eigenvalue weighted by Gasteiger charge is 2.25. The number of carbonyl (C=O) groups is 1. The summed E-state index contributed by atoms with van der Waals surface area (Å²) in [6, 6.07) is 0.269. The van der Waals surface area contributed by atoms with Crippen molar-refractivity contribution in [1.29, 1.82) is 0 Å². The van der Waals surface area contributed by atoms with Crippen LogP contribution in [0.5, 0.6) is 0 Å². The summed E-state index contributed by atoms with van der Waals surface area (Å²) in [7, 11) is 0. The molecule has 1 aromatic rings. The van der Waals surface area contributed by atoms with Crippen LogP contribution in [0.3, 0.4) is 0 Å². The summed E-state index contributed by atoms with van der Waals surface area (Å²) in [5, 5.41) is 0. The van der Waals surface area contributed by atoms with E-state index in [1.165, 1.54) is 0 Å². The number of hydrogen-bond acceptors (Lipinski definition) is 3. The summed E-state index contributed by atoms with van der Waals surface area (Å²) in [6.07, 6.45) is 1.19. The topological polar surface area (TPSA) is 35.5 Å². The Morgan fingerprint density at radius 1 is 1.26 bits per heavy atom. The molecule has 7 heteroatoms. The second-order valence-electron chi connectivity index (χ2n) is 4.08. The molecule has 2 rings (SSSR count). The zero-order chi connectivity index (χ0) is 14.0. The van der Waals surface area contributed by atoms with Crippen LogP contribution in [0.1, 0.15) is 23.2 Å². The molecule has 1 fully saturated rings. The van der Waals surface area contributed by atoms with Crippen molar-refractivity contribution in [3.8, 4) is 0 Å². The number of benzene rings is 1. The number of carbonyl (C=O) groups excluding carboxylic acids is 1. The molecule has 1 atom stereocenters. The maximum Gasteiger partial charge on any atom is 0.341 e. The molecule has 3 nitrogen and oxygen atoms in total. The van der Waals surface area contributed by atoms with Gasteiger partial charge >= 0.3 is 5.97 Å². The number of halogens is 4. The second-order valence-corrected chi connectivity index (χ2v) is 4.08. The Balaban J connectivity index is 2.10. The van der Waals surface area contributed by atoms with Gasteiger partial charge in [-0.05, 0) is 18.9 Å². The Hall–Kier alpha value is -1.63. The van der Waals surface area contributed by atoms with Crippen LogP contribution in [0, 0.1) is 23.3 Å². The van der Waals surface area contributed by atoms with Gasteiger partial charge < -0.3 is 9.47 Å². The molecule has 1 heterocycles. The van der Waals surface area contributed by atoms with Crippen LogP contribution in [-0.4, -0.2) is 25.3 Å². The summed E-state index contributed by atoms with van der Waals surface area (Å²) in [5.41, 5.74) is -0.977. The quantitative estimate of drug-likeness (QED) is 0.369. The van der Waals surface area contributed by atoms with Gasteiger partial charge in [-0.1, -0.05) is 0 Å². The molecule has 0 bridgehead atoms. The first-order valence-electron chi connectivity index (χ1n) is 5.62. The lowest BCUT2D eigenvalue weighted by atomic mass is 10.2. The second kappa shape index (κ2) is 5.56. The average Bonchev–Trinajstić information content (AvgIpc) is 2.91. The molecule has 1 aliphatic heterocycles. The third kappa shape index (κ3) is 2.86. The summed E-state index contributed by atoms with van der Waals surface area (Å²) >= 11 is 0. The van der Waals surface area contributed by atoms with Crippen molar-refractivity contribution >= 4 is 5.97 Å². The van der Waals surface area contributed by atoms with E-state index < -0.39 is 34.8 Å². The fourth-order valence-corrected chi connectivity index (χ4v) is 1.74. The molecule has 0 amide bonds. The molecule has 104 valence electrons. The van der Waals surface area contributed by atoms with Gasteiger partial charge in [0.1, 0.15) is 12.2 Å². The first kappa shape index (κ1) is 13.8. The van der Waals surface area contributed by atoms with Crippen LogP contribution in [0.15, 0.2) is 6.07 Å². The molecule has 1 aromatic carbocycles. The van der Waals surface area contributed by atoms with Crippen LogP contribution in [0.4, 0.5) is 17.6 Å². The molecule has 1 aliphatic rings. The van der Waals surface area contributed by atoms with Crippen LogP contribution in [-0.2, 0) is 9.47 Å². The molecular formula is C12H10F4O3. The minimum Gasteiger partial charge on any atom is -0.459 e. The van der Waals surface area contributed by atoms with E-state index in [2.05, 4.69) is 4.74 Å². The van der Waals surface area contributed by atoms with E-state index in [9.17, 15) is 22.4 Å². The van der Waals surface area contributed by atoms with Crippen molar-refractivity contribution < 1.29 is 31.8 Å². The zero-order valence-electron chi connectivity index (χ0n) is 9.72. The van der Waals surface area contributed by atoms with Gasteiger partial charge in [0.25, 0.3) is 0 Å². The van der Waals surface area contributed by atoms with Crippen LogP contribution in [0.2, 0.25) is 0 Å². The molecule has 0 aliphatic carbocycles. The molecule has 0 saturated carbocycles. The summed E-state index contributed by atoms with van der Waals surface area (Å²) in [6.45, 7) is 0.398. The Morgan fingerprint density at radius 3 is 2.63 bits per heavy atom. The minimum absolute atomic E-state index is 0.140. The first-order valence-corrected chi connectivity index (χ1v) is 5.62. The molecule has 1 saturated heterocycles. The van der Waals surface area contributed by atoms with Crippen molar-refractivity contribution in [2.75, 3.05) is 13.2 Å². The van der Waals surface area contributed by atoms with Gasteiger partial charge in [0.15, 0.2) is 23.3 Å². The lowest BCUT2D eigenvalue weighted by Crippen LogP contribution is -2.19. The van der Waals surface area contributed by atoms with Gasteiger partial charge in [-0.2, -0.15) is 0 Å². The standard InChI is InChI=1S/C12H10F4O3/c13-8-4-7(9(14)11(16)10(8)15)12(17)19-5-6-2-1-3-18-6/h4,6H,1-3,5H2/t6-/m1/s1. The number of rotatable bonds is 3. The van der Waals surface area contributed by atoms with E-state index in [0.29, 0.717) is 13.0 Å². The smallest absolute Gasteiger partial charge is 0.341 e. The Bertz CT molecular complexity index is 498. The van der Waals surface area contributed by atoms with E-state index in [0.717, 1.165) is 6.42 Å². The SMILES string of the molecule is O=C(OC[C@H]1CCCO1)c1cc(F)c(F)c(F)c1F. The van der Waals surface area contributed by atoms with Gasteiger partial charge in [-0.3, -0.25) is 0 Å². The maximum atomic E-state index is 13.3. The molecule has 0 aromatic heterocycles. The summed E-state index contributed by atoms with van der Waals surface area (Å²) in [5.74, 6) is -8.68. The van der Waals surface area contributed by atoms with Gasteiger partial charge in [-0.15, -0.1) is 0 Å². The molecule has 0 spiro atoms. The molecule has 0 N–H and O–H groups in total. The molecule has 19 heavy (non-hydrogen) atoms. The van der Waals surface area contributed by atoms with E-state index >= 15 is 0 Å². The zero-order valence-corrected chi connectivity index (χ0v) is 9.72. The number of ether oxygens (including phenoxy) is 2. The van der Waals surface area contributed by atoms with Crippen molar-refractivity contribution in [2.24, 2.45) is 0 Å². The molecule has 0 radical (unpaired) electrons. The van der Waals surface area contributed by atoms with E-state index in [1.54, 1.807) is 0 Å². The fraction of sp³-hybridized carbons (Fsp3) is 0.417. The summed E-state index contributed by atoms with van der Waals surface area (Å²) in [4.78, 5) is 11.5. The van der Waals surface area contributed by atoms with E-state index in [1.807, 2.05) is 0 Å². The molecular weight excluding hydrogens is 268 g/mol. The van der Waals surface area contributed by atoms with Crippen LogP contribution >= 0.6 is 0 Å². The average molecular weight is 278 g/mol. The first-order chi connectivity index (χ1) is 9.00. The predicted molar refractivity (Wildman–Crippen MR) is 55.5 cm³/mol.